The van der Waals surface area contributed by atoms with Gasteiger partial charge >= 0.3 is 0 Å². The van der Waals surface area contributed by atoms with Gasteiger partial charge in [-0.05, 0) is 59.2 Å². The third-order valence-corrected chi connectivity index (χ3v) is 5.96. The van der Waals surface area contributed by atoms with Crippen molar-refractivity contribution in [2.75, 3.05) is 11.5 Å². The van der Waals surface area contributed by atoms with Crippen molar-refractivity contribution in [3.63, 3.8) is 0 Å². The van der Waals surface area contributed by atoms with Crippen molar-refractivity contribution in [1.82, 2.24) is 0 Å². The maximum absolute atomic E-state index is 11.3. The van der Waals surface area contributed by atoms with Crippen LogP contribution >= 0.6 is 38.5 Å². The molecule has 0 spiro atoms. The maximum atomic E-state index is 11.3. The number of hydrogen-bond acceptors (Lipinski definition) is 3. The lowest BCUT2D eigenvalue weighted by atomic mass is 10.1. The summed E-state index contributed by atoms with van der Waals surface area (Å²) < 4.78 is 24.6. The molecule has 0 aromatic heterocycles. The zero-order valence-corrected chi connectivity index (χ0v) is 14.6. The Kier molecular flexibility index (Phi) is 6.57. The Labute approximate surface area is 130 Å². The first-order valence-electron chi connectivity index (χ1n) is 5.69. The predicted molar refractivity (Wildman–Crippen MR) is 85.4 cm³/mol. The number of aliphatic hydroxyl groups excluding tert-OH is 1. The van der Waals surface area contributed by atoms with Crippen LogP contribution in [0.25, 0.3) is 0 Å². The Hall–Kier alpha value is 0.340. The van der Waals surface area contributed by atoms with E-state index >= 15 is 0 Å². The van der Waals surface area contributed by atoms with Crippen molar-refractivity contribution >= 4 is 48.4 Å². The fraction of sp³-hybridized carbons (Fsp3) is 0.500. The molecular weight excluding hydrogens is 431 g/mol. The first-order valence-corrected chi connectivity index (χ1v) is 9.38. The monoisotopic (exact) mass is 446 g/mol. The van der Waals surface area contributed by atoms with E-state index in [9.17, 15) is 13.5 Å². The van der Waals surface area contributed by atoms with E-state index < -0.39 is 15.9 Å². The molecule has 1 aromatic rings. The topological polar surface area (TPSA) is 54.4 Å². The highest BCUT2D eigenvalue weighted by molar-refractivity contribution is 14.1. The summed E-state index contributed by atoms with van der Waals surface area (Å²) in [4.78, 5) is 0. The smallest absolute Gasteiger partial charge is 0.150 e. The third-order valence-electron chi connectivity index (χ3n) is 2.69. The van der Waals surface area contributed by atoms with Crippen LogP contribution in [-0.4, -0.2) is 25.0 Å². The van der Waals surface area contributed by atoms with E-state index in [0.717, 1.165) is 13.6 Å². The molecule has 0 saturated carbocycles. The zero-order valence-electron chi connectivity index (χ0n) is 10.1. The van der Waals surface area contributed by atoms with Gasteiger partial charge in [0.05, 0.1) is 11.9 Å². The molecule has 0 aliphatic rings. The lowest BCUT2D eigenvalue weighted by molar-refractivity contribution is 0.166. The van der Waals surface area contributed by atoms with Crippen LogP contribution in [0.15, 0.2) is 22.7 Å². The molecule has 18 heavy (non-hydrogen) atoms. The predicted octanol–water partition coefficient (Wildman–Crippen LogP) is 3.30. The molecule has 0 aliphatic heterocycles. The molecule has 0 amide bonds. The SMILES string of the molecule is CCS(=O)(=O)CCCC(O)c1cc(Br)ccc1I. The summed E-state index contributed by atoms with van der Waals surface area (Å²) in [6.45, 7) is 1.64. The van der Waals surface area contributed by atoms with Gasteiger partial charge in [-0.2, -0.15) is 0 Å². The van der Waals surface area contributed by atoms with Crippen LogP contribution in [0, 0.1) is 3.57 Å². The van der Waals surface area contributed by atoms with Gasteiger partial charge in [-0.3, -0.25) is 0 Å². The van der Waals surface area contributed by atoms with Crippen LogP contribution in [0.3, 0.4) is 0 Å². The number of benzene rings is 1. The second-order valence-corrected chi connectivity index (χ2v) is 8.61. The summed E-state index contributed by atoms with van der Waals surface area (Å²) in [5.41, 5.74) is 0.846. The summed E-state index contributed by atoms with van der Waals surface area (Å²) >= 11 is 5.53. The Morgan fingerprint density at radius 3 is 2.72 bits per heavy atom. The van der Waals surface area contributed by atoms with Gasteiger partial charge in [0.15, 0.2) is 0 Å². The van der Waals surface area contributed by atoms with E-state index in [0.29, 0.717) is 12.8 Å². The second-order valence-electron chi connectivity index (χ2n) is 4.06. The first kappa shape index (κ1) is 16.4. The molecule has 0 bridgehead atoms. The Balaban J connectivity index is 2.61. The Morgan fingerprint density at radius 1 is 1.44 bits per heavy atom. The summed E-state index contributed by atoms with van der Waals surface area (Å²) in [6, 6.07) is 5.71. The van der Waals surface area contributed by atoms with E-state index in [-0.39, 0.29) is 11.5 Å². The maximum Gasteiger partial charge on any atom is 0.150 e. The largest absolute Gasteiger partial charge is 0.388 e. The van der Waals surface area contributed by atoms with Crippen molar-refractivity contribution < 1.29 is 13.5 Å². The van der Waals surface area contributed by atoms with Crippen molar-refractivity contribution in [2.45, 2.75) is 25.9 Å². The lowest BCUT2D eigenvalue weighted by Gasteiger charge is -2.13. The fourth-order valence-corrected chi connectivity index (χ4v) is 3.54. The van der Waals surface area contributed by atoms with Crippen molar-refractivity contribution in [3.8, 4) is 0 Å². The van der Waals surface area contributed by atoms with Crippen molar-refractivity contribution in [2.24, 2.45) is 0 Å². The molecule has 0 fully saturated rings. The average molecular weight is 447 g/mol. The summed E-state index contributed by atoms with van der Waals surface area (Å²) in [5, 5.41) is 10.1. The molecule has 1 atom stereocenters. The van der Waals surface area contributed by atoms with Gasteiger partial charge in [0.1, 0.15) is 9.84 Å². The van der Waals surface area contributed by atoms with Crippen molar-refractivity contribution in [3.05, 3.63) is 31.8 Å². The summed E-state index contributed by atoms with van der Waals surface area (Å²) in [7, 11) is -2.94. The van der Waals surface area contributed by atoms with Gasteiger partial charge in [0.2, 0.25) is 0 Å². The fourth-order valence-electron chi connectivity index (χ4n) is 1.57. The second kappa shape index (κ2) is 7.21. The Morgan fingerprint density at radius 2 is 2.11 bits per heavy atom. The molecule has 6 heteroatoms. The van der Waals surface area contributed by atoms with Crippen LogP contribution in [0.1, 0.15) is 31.4 Å². The molecule has 102 valence electrons. The van der Waals surface area contributed by atoms with Gasteiger partial charge < -0.3 is 5.11 Å². The number of rotatable bonds is 6. The normalized spacial score (nSPS) is 13.6. The van der Waals surface area contributed by atoms with E-state index in [1.165, 1.54) is 0 Å². The minimum absolute atomic E-state index is 0.144. The molecule has 0 heterocycles. The highest BCUT2D eigenvalue weighted by Crippen LogP contribution is 2.27. The quantitative estimate of drug-likeness (QED) is 0.682. The number of halogens is 2. The molecule has 0 saturated heterocycles. The molecule has 1 unspecified atom stereocenters. The molecule has 1 N–H and O–H groups in total. The summed E-state index contributed by atoms with van der Waals surface area (Å²) in [5.74, 6) is 0.308. The molecule has 3 nitrogen and oxygen atoms in total. The van der Waals surface area contributed by atoms with Crippen LogP contribution in [0.4, 0.5) is 0 Å². The molecule has 0 radical (unpaired) electrons. The molecule has 1 rings (SSSR count). The van der Waals surface area contributed by atoms with Crippen LogP contribution < -0.4 is 0 Å². The minimum atomic E-state index is -2.94. The highest BCUT2D eigenvalue weighted by Gasteiger charge is 2.14. The van der Waals surface area contributed by atoms with E-state index in [1.807, 2.05) is 18.2 Å². The van der Waals surface area contributed by atoms with E-state index in [1.54, 1.807) is 6.92 Å². The Bertz CT molecular complexity index is 502. The van der Waals surface area contributed by atoms with Gasteiger partial charge in [-0.15, -0.1) is 0 Å². The molecular formula is C12H16BrIO3S. The van der Waals surface area contributed by atoms with Gasteiger partial charge in [-0.25, -0.2) is 8.42 Å². The van der Waals surface area contributed by atoms with Crippen LogP contribution in [0.5, 0.6) is 0 Å². The molecule has 1 aromatic carbocycles. The minimum Gasteiger partial charge on any atom is -0.388 e. The van der Waals surface area contributed by atoms with E-state index in [2.05, 4.69) is 38.5 Å². The highest BCUT2D eigenvalue weighted by atomic mass is 127. The van der Waals surface area contributed by atoms with E-state index in [4.69, 9.17) is 0 Å². The number of sulfone groups is 1. The first-order chi connectivity index (χ1) is 8.35. The van der Waals surface area contributed by atoms with Crippen molar-refractivity contribution in [1.29, 1.82) is 0 Å². The number of hydrogen-bond donors (Lipinski definition) is 1. The van der Waals surface area contributed by atoms with Gasteiger partial charge in [-0.1, -0.05) is 22.9 Å². The zero-order chi connectivity index (χ0) is 13.8. The molecule has 0 aliphatic carbocycles. The third kappa shape index (κ3) is 5.14. The van der Waals surface area contributed by atoms with Gasteiger partial charge in [0, 0.05) is 13.8 Å². The summed E-state index contributed by atoms with van der Waals surface area (Å²) in [6.07, 6.45) is 0.340. The number of aliphatic hydroxyl groups is 1. The standard InChI is InChI=1S/C12H16BrIO3S/c1-2-18(16,17)7-3-4-12(15)10-8-9(13)5-6-11(10)14/h5-6,8,12,15H,2-4,7H2,1H3. The van der Waals surface area contributed by atoms with Gasteiger partial charge in [0.25, 0.3) is 0 Å². The lowest BCUT2D eigenvalue weighted by Crippen LogP contribution is -2.10. The average Bonchev–Trinajstić information content (AvgIpc) is 2.32. The van der Waals surface area contributed by atoms with Crippen LogP contribution in [0.2, 0.25) is 0 Å². The van der Waals surface area contributed by atoms with Crippen LogP contribution in [-0.2, 0) is 9.84 Å².